The van der Waals surface area contributed by atoms with E-state index < -0.39 is 0 Å². The van der Waals surface area contributed by atoms with Crippen LogP contribution in [0.1, 0.15) is 22.9 Å². The first-order valence-corrected chi connectivity index (χ1v) is 19.0. The van der Waals surface area contributed by atoms with E-state index in [1.54, 1.807) is 0 Å². The second kappa shape index (κ2) is 12.1. The van der Waals surface area contributed by atoms with Crippen molar-refractivity contribution >= 4 is 71.5 Å². The molecule has 8 aromatic carbocycles. The largest absolute Gasteiger partial charge is 0.456 e. The molecular weight excluding hydrogens is 687 g/mol. The first-order valence-electron chi connectivity index (χ1n) is 19.0. The van der Waals surface area contributed by atoms with Crippen molar-refractivity contribution in [3.63, 3.8) is 0 Å². The quantitative estimate of drug-likeness (QED) is 0.181. The Morgan fingerprint density at radius 2 is 1.04 bits per heavy atom. The molecule has 1 atom stereocenters. The topological polar surface area (TPSA) is 65.0 Å². The number of fused-ring (bicyclic) bond motifs is 10. The molecule has 1 aliphatic rings. The van der Waals surface area contributed by atoms with Crippen molar-refractivity contribution < 1.29 is 8.83 Å². The highest BCUT2D eigenvalue weighted by Gasteiger charge is 2.25. The van der Waals surface area contributed by atoms with Crippen LogP contribution in [0.3, 0.4) is 0 Å². The van der Waals surface area contributed by atoms with Gasteiger partial charge in [0.25, 0.3) is 0 Å². The van der Waals surface area contributed by atoms with Crippen molar-refractivity contribution in [2.75, 3.05) is 0 Å². The third kappa shape index (κ3) is 4.77. The SMILES string of the molecule is C1=CC(c2nc(-c3cccc4oc5ccccc5c34)nc(-c3cc(-c4cccc5ccccc45)cc4oc5ccccc5c34)n2)Cc2ccc3ccccc3c21. The van der Waals surface area contributed by atoms with Crippen LogP contribution >= 0.6 is 0 Å². The molecule has 0 radical (unpaired) electrons. The maximum absolute atomic E-state index is 6.63. The van der Waals surface area contributed by atoms with Gasteiger partial charge in [-0.3, -0.25) is 0 Å². The van der Waals surface area contributed by atoms with E-state index in [1.165, 1.54) is 32.7 Å². The van der Waals surface area contributed by atoms with E-state index in [9.17, 15) is 0 Å². The highest BCUT2D eigenvalue weighted by Crippen LogP contribution is 2.43. The van der Waals surface area contributed by atoms with Crippen LogP contribution in [-0.2, 0) is 6.42 Å². The monoisotopic (exact) mass is 717 g/mol. The van der Waals surface area contributed by atoms with E-state index in [4.69, 9.17) is 23.8 Å². The maximum Gasteiger partial charge on any atom is 0.164 e. The van der Waals surface area contributed by atoms with Gasteiger partial charge >= 0.3 is 0 Å². The summed E-state index contributed by atoms with van der Waals surface area (Å²) in [5.41, 5.74) is 9.74. The molecule has 0 bridgehead atoms. The zero-order valence-electron chi connectivity index (χ0n) is 30.1. The minimum absolute atomic E-state index is 0.0673. The molecule has 56 heavy (non-hydrogen) atoms. The number of rotatable bonds is 4. The molecule has 0 aliphatic heterocycles. The fourth-order valence-electron chi connectivity index (χ4n) is 8.83. The minimum atomic E-state index is -0.0673. The van der Waals surface area contributed by atoms with Crippen molar-refractivity contribution in [1.29, 1.82) is 0 Å². The summed E-state index contributed by atoms with van der Waals surface area (Å²) in [6.07, 6.45) is 5.29. The van der Waals surface area contributed by atoms with Gasteiger partial charge in [0.2, 0.25) is 0 Å². The molecule has 1 aliphatic carbocycles. The van der Waals surface area contributed by atoms with Gasteiger partial charge in [0, 0.05) is 38.6 Å². The third-order valence-electron chi connectivity index (χ3n) is 11.4. The standard InChI is InChI=1S/C51H31N3O2/c1-3-14-35-30(11-1)13-9-18-37(35)34-28-42(48-40-17-6-8-21-44(40)56-46(48)29-34)51-53-49(33-25-26-38-32(27-33)24-23-31-12-2-4-15-36(31)38)52-50(54-51)41-19-10-22-45-47(41)39-16-5-7-20-43(39)55-45/h1-26,28-29,33H,27H2. The lowest BCUT2D eigenvalue weighted by atomic mass is 9.86. The van der Waals surface area contributed by atoms with Gasteiger partial charge in [0.15, 0.2) is 11.6 Å². The summed E-state index contributed by atoms with van der Waals surface area (Å²) in [5, 5.41) is 8.87. The molecular formula is C51H31N3O2. The highest BCUT2D eigenvalue weighted by molar-refractivity contribution is 6.15. The molecule has 5 nitrogen and oxygen atoms in total. The summed E-state index contributed by atoms with van der Waals surface area (Å²) in [4.78, 5) is 16.1. The lowest BCUT2D eigenvalue weighted by Gasteiger charge is -2.21. The second-order valence-corrected chi connectivity index (χ2v) is 14.7. The van der Waals surface area contributed by atoms with E-state index in [2.05, 4.69) is 127 Å². The minimum Gasteiger partial charge on any atom is -0.456 e. The Morgan fingerprint density at radius 1 is 0.446 bits per heavy atom. The van der Waals surface area contributed by atoms with E-state index >= 15 is 0 Å². The van der Waals surface area contributed by atoms with Gasteiger partial charge in [-0.05, 0) is 80.6 Å². The molecule has 0 saturated heterocycles. The lowest BCUT2D eigenvalue weighted by molar-refractivity contribution is 0.668. The van der Waals surface area contributed by atoms with Crippen LogP contribution in [0.5, 0.6) is 0 Å². The Morgan fingerprint density at radius 3 is 1.84 bits per heavy atom. The number of benzene rings is 8. The first kappa shape index (κ1) is 31.0. The van der Waals surface area contributed by atoms with Crippen molar-refractivity contribution in [3.05, 3.63) is 181 Å². The van der Waals surface area contributed by atoms with Crippen LogP contribution in [0.15, 0.2) is 173 Å². The molecule has 11 aromatic rings. The molecule has 0 amide bonds. The predicted octanol–water partition coefficient (Wildman–Crippen LogP) is 13.3. The van der Waals surface area contributed by atoms with Gasteiger partial charge in [0.1, 0.15) is 28.2 Å². The second-order valence-electron chi connectivity index (χ2n) is 14.7. The average molecular weight is 718 g/mol. The lowest BCUT2D eigenvalue weighted by Crippen LogP contribution is -2.12. The number of aromatic nitrogens is 3. The van der Waals surface area contributed by atoms with E-state index in [0.717, 1.165) is 78.4 Å². The predicted molar refractivity (Wildman–Crippen MR) is 228 cm³/mol. The fraction of sp³-hybridized carbons (Fsp3) is 0.0392. The molecule has 3 aromatic heterocycles. The average Bonchev–Trinajstić information content (AvgIpc) is 3.84. The number of para-hydroxylation sites is 2. The van der Waals surface area contributed by atoms with Gasteiger partial charge < -0.3 is 8.83 Å². The summed E-state index contributed by atoms with van der Waals surface area (Å²) in [6, 6.07) is 54.9. The Kier molecular flexibility index (Phi) is 6.69. The van der Waals surface area contributed by atoms with Gasteiger partial charge in [0.05, 0.1) is 0 Å². The van der Waals surface area contributed by atoms with Crippen molar-refractivity contribution in [2.24, 2.45) is 0 Å². The third-order valence-corrected chi connectivity index (χ3v) is 11.4. The molecule has 262 valence electrons. The summed E-state index contributed by atoms with van der Waals surface area (Å²) < 4.78 is 13.0. The number of hydrogen-bond acceptors (Lipinski definition) is 5. The molecule has 5 heteroatoms. The van der Waals surface area contributed by atoms with Crippen molar-refractivity contribution in [2.45, 2.75) is 12.3 Å². The number of furan rings is 2. The van der Waals surface area contributed by atoms with Crippen LogP contribution < -0.4 is 0 Å². The van der Waals surface area contributed by atoms with E-state index in [1.807, 2.05) is 42.5 Å². The summed E-state index contributed by atoms with van der Waals surface area (Å²) in [7, 11) is 0. The normalized spacial score (nSPS) is 14.1. The van der Waals surface area contributed by atoms with Crippen molar-refractivity contribution in [3.8, 4) is 33.9 Å². The van der Waals surface area contributed by atoms with Crippen molar-refractivity contribution in [1.82, 2.24) is 15.0 Å². The van der Waals surface area contributed by atoms with E-state index in [-0.39, 0.29) is 5.92 Å². The fourth-order valence-corrected chi connectivity index (χ4v) is 8.83. The number of allylic oxidation sites excluding steroid dienone is 1. The molecule has 12 rings (SSSR count). The molecule has 1 unspecified atom stereocenters. The number of hydrogen-bond donors (Lipinski definition) is 0. The Bertz CT molecular complexity index is 3420. The highest BCUT2D eigenvalue weighted by atomic mass is 16.3. The Hall–Kier alpha value is -7.37. The van der Waals surface area contributed by atoms with Crippen LogP contribution in [-0.4, -0.2) is 15.0 Å². The van der Waals surface area contributed by atoms with Gasteiger partial charge in [-0.1, -0.05) is 140 Å². The van der Waals surface area contributed by atoms with Gasteiger partial charge in [-0.25, -0.2) is 15.0 Å². The molecule has 0 N–H and O–H groups in total. The van der Waals surface area contributed by atoms with Crippen LogP contribution in [0.4, 0.5) is 0 Å². The summed E-state index contributed by atoms with van der Waals surface area (Å²) in [6.45, 7) is 0. The van der Waals surface area contributed by atoms with Crippen LogP contribution in [0, 0.1) is 0 Å². The smallest absolute Gasteiger partial charge is 0.164 e. The summed E-state index contributed by atoms with van der Waals surface area (Å²) in [5.74, 6) is 1.87. The molecule has 0 spiro atoms. The first-order chi connectivity index (χ1) is 27.7. The van der Waals surface area contributed by atoms with Crippen LogP contribution in [0.2, 0.25) is 0 Å². The van der Waals surface area contributed by atoms with Crippen LogP contribution in [0.25, 0.3) is 105 Å². The Labute approximate surface area is 321 Å². The number of nitrogens with zero attached hydrogens (tertiary/aromatic N) is 3. The Balaban J connectivity index is 1.13. The van der Waals surface area contributed by atoms with Gasteiger partial charge in [-0.15, -0.1) is 0 Å². The maximum atomic E-state index is 6.63. The van der Waals surface area contributed by atoms with E-state index in [0.29, 0.717) is 11.6 Å². The van der Waals surface area contributed by atoms with Gasteiger partial charge in [-0.2, -0.15) is 0 Å². The molecule has 0 fully saturated rings. The summed E-state index contributed by atoms with van der Waals surface area (Å²) >= 11 is 0. The molecule has 0 saturated carbocycles. The zero-order valence-corrected chi connectivity index (χ0v) is 30.1. The zero-order chi connectivity index (χ0) is 36.7. The molecule has 3 heterocycles.